The van der Waals surface area contributed by atoms with Crippen molar-refractivity contribution in [3.63, 3.8) is 0 Å². The van der Waals surface area contributed by atoms with E-state index in [9.17, 15) is 14.0 Å². The number of piperidine rings is 1. The molecule has 2 rings (SSSR count). The molecule has 6 nitrogen and oxygen atoms in total. The lowest BCUT2D eigenvalue weighted by atomic mass is 9.91. The van der Waals surface area contributed by atoms with Gasteiger partial charge in [0.05, 0.1) is 0 Å². The third-order valence-electron chi connectivity index (χ3n) is 4.25. The van der Waals surface area contributed by atoms with Crippen LogP contribution in [0.25, 0.3) is 0 Å². The quantitative estimate of drug-likeness (QED) is 0.644. The number of nitrogens with one attached hydrogen (secondary N) is 3. The number of amides is 2. The second kappa shape index (κ2) is 8.75. The Kier molecular flexibility index (Phi) is 6.69. The van der Waals surface area contributed by atoms with E-state index in [0.29, 0.717) is 37.9 Å². The lowest BCUT2D eigenvalue weighted by Gasteiger charge is -2.34. The van der Waals surface area contributed by atoms with E-state index in [4.69, 9.17) is 4.74 Å². The van der Waals surface area contributed by atoms with Crippen molar-refractivity contribution in [3.05, 3.63) is 35.6 Å². The number of halogens is 1. The summed E-state index contributed by atoms with van der Waals surface area (Å²) in [6.07, 6.45) is 1.91. The Morgan fingerprint density at radius 3 is 2.42 bits per heavy atom. The largest absolute Gasteiger partial charge is 0.368 e. The Bertz CT molecular complexity index is 557. The van der Waals surface area contributed by atoms with Crippen LogP contribution >= 0.6 is 0 Å². The smallest absolute Gasteiger partial charge is 0.252 e. The molecule has 1 aromatic rings. The molecule has 0 atom stereocenters. The number of hydrogen-bond acceptors (Lipinski definition) is 4. The maximum Gasteiger partial charge on any atom is 0.252 e. The Balaban J connectivity index is 1.68. The normalized spacial score (nSPS) is 16.4. The molecule has 0 radical (unpaired) electrons. The van der Waals surface area contributed by atoms with E-state index < -0.39 is 5.60 Å². The van der Waals surface area contributed by atoms with Gasteiger partial charge in [-0.3, -0.25) is 9.59 Å². The van der Waals surface area contributed by atoms with E-state index in [0.717, 1.165) is 13.1 Å². The molecule has 24 heavy (non-hydrogen) atoms. The maximum atomic E-state index is 12.8. The molecule has 1 saturated heterocycles. The highest BCUT2D eigenvalue weighted by Gasteiger charge is 2.39. The van der Waals surface area contributed by atoms with Gasteiger partial charge in [-0.25, -0.2) is 4.39 Å². The molecule has 7 heteroatoms. The zero-order valence-electron chi connectivity index (χ0n) is 13.9. The van der Waals surface area contributed by atoms with Crippen LogP contribution in [0.15, 0.2) is 24.3 Å². The molecule has 0 unspecified atom stereocenters. The van der Waals surface area contributed by atoms with Crippen molar-refractivity contribution in [2.45, 2.75) is 24.9 Å². The molecular formula is C17H24FN3O3. The Morgan fingerprint density at radius 1 is 1.17 bits per heavy atom. The molecule has 0 spiro atoms. The van der Waals surface area contributed by atoms with Gasteiger partial charge in [0.2, 0.25) is 0 Å². The minimum absolute atomic E-state index is 0.101. The van der Waals surface area contributed by atoms with Gasteiger partial charge in [-0.15, -0.1) is 0 Å². The van der Waals surface area contributed by atoms with E-state index >= 15 is 0 Å². The Labute approximate surface area is 141 Å². The van der Waals surface area contributed by atoms with Crippen LogP contribution in [-0.4, -0.2) is 50.7 Å². The monoisotopic (exact) mass is 337 g/mol. The standard InChI is InChI=1S/C17H24FN3O3/c1-24-17(7-11-19-12-8-17)16(23)21-10-2-9-20-15(22)13-3-5-14(18)6-4-13/h3-6,19H,2,7-12H2,1H3,(H,20,22)(H,21,23). The molecule has 1 fully saturated rings. The van der Waals surface area contributed by atoms with Gasteiger partial charge in [0, 0.05) is 25.8 Å². The van der Waals surface area contributed by atoms with E-state index in [-0.39, 0.29) is 17.6 Å². The van der Waals surface area contributed by atoms with Gasteiger partial charge in [-0.05, 0) is 56.6 Å². The number of methoxy groups -OCH3 is 1. The summed E-state index contributed by atoms with van der Waals surface area (Å²) < 4.78 is 18.3. The van der Waals surface area contributed by atoms with Crippen LogP contribution in [0.5, 0.6) is 0 Å². The number of benzene rings is 1. The summed E-state index contributed by atoms with van der Waals surface area (Å²) in [5, 5.41) is 8.82. The first-order valence-corrected chi connectivity index (χ1v) is 8.15. The average molecular weight is 337 g/mol. The number of rotatable bonds is 7. The van der Waals surface area contributed by atoms with Crippen LogP contribution in [-0.2, 0) is 9.53 Å². The molecule has 1 aliphatic rings. The molecule has 0 saturated carbocycles. The number of carbonyl (C=O) groups excluding carboxylic acids is 2. The van der Waals surface area contributed by atoms with Gasteiger partial charge in [-0.1, -0.05) is 0 Å². The van der Waals surface area contributed by atoms with Crippen LogP contribution in [0.1, 0.15) is 29.6 Å². The minimum atomic E-state index is -0.747. The highest BCUT2D eigenvalue weighted by Crippen LogP contribution is 2.22. The second-order valence-electron chi connectivity index (χ2n) is 5.82. The summed E-state index contributed by atoms with van der Waals surface area (Å²) in [6, 6.07) is 5.37. The van der Waals surface area contributed by atoms with Crippen LogP contribution in [0.4, 0.5) is 4.39 Å². The van der Waals surface area contributed by atoms with Crippen LogP contribution < -0.4 is 16.0 Å². The van der Waals surface area contributed by atoms with Gasteiger partial charge in [-0.2, -0.15) is 0 Å². The van der Waals surface area contributed by atoms with Crippen LogP contribution in [0.3, 0.4) is 0 Å². The van der Waals surface area contributed by atoms with Crippen molar-refractivity contribution in [2.75, 3.05) is 33.3 Å². The van der Waals surface area contributed by atoms with Crippen LogP contribution in [0.2, 0.25) is 0 Å². The molecule has 0 aromatic heterocycles. The van der Waals surface area contributed by atoms with Gasteiger partial charge >= 0.3 is 0 Å². The van der Waals surface area contributed by atoms with E-state index in [1.54, 1.807) is 7.11 Å². The van der Waals surface area contributed by atoms with E-state index in [2.05, 4.69) is 16.0 Å². The van der Waals surface area contributed by atoms with Crippen molar-refractivity contribution in [1.29, 1.82) is 0 Å². The highest BCUT2D eigenvalue weighted by molar-refractivity contribution is 5.94. The molecule has 0 aliphatic carbocycles. The average Bonchev–Trinajstić information content (AvgIpc) is 2.62. The van der Waals surface area contributed by atoms with Gasteiger partial charge in [0.15, 0.2) is 0 Å². The summed E-state index contributed by atoms with van der Waals surface area (Å²) in [5.74, 6) is -0.733. The summed E-state index contributed by atoms with van der Waals surface area (Å²) in [4.78, 5) is 24.2. The minimum Gasteiger partial charge on any atom is -0.368 e. The Morgan fingerprint density at radius 2 is 1.79 bits per heavy atom. The number of carbonyl (C=O) groups is 2. The molecule has 1 aromatic carbocycles. The van der Waals surface area contributed by atoms with E-state index in [1.165, 1.54) is 24.3 Å². The molecular weight excluding hydrogens is 313 g/mol. The molecule has 3 N–H and O–H groups in total. The first-order valence-electron chi connectivity index (χ1n) is 8.15. The van der Waals surface area contributed by atoms with Gasteiger partial charge < -0.3 is 20.7 Å². The lowest BCUT2D eigenvalue weighted by Crippen LogP contribution is -2.54. The maximum absolute atomic E-state index is 12.8. The van der Waals surface area contributed by atoms with Crippen molar-refractivity contribution in [1.82, 2.24) is 16.0 Å². The van der Waals surface area contributed by atoms with Crippen molar-refractivity contribution in [2.24, 2.45) is 0 Å². The first kappa shape index (κ1) is 18.4. The van der Waals surface area contributed by atoms with Gasteiger partial charge in [0.1, 0.15) is 11.4 Å². The third-order valence-corrected chi connectivity index (χ3v) is 4.25. The summed E-state index contributed by atoms with van der Waals surface area (Å²) >= 11 is 0. The fraction of sp³-hybridized carbons (Fsp3) is 0.529. The first-order chi connectivity index (χ1) is 11.6. The topological polar surface area (TPSA) is 79.5 Å². The lowest BCUT2D eigenvalue weighted by molar-refractivity contribution is -0.146. The molecule has 2 amide bonds. The third kappa shape index (κ3) is 4.75. The molecule has 132 valence electrons. The SMILES string of the molecule is COC1(C(=O)NCCCNC(=O)c2ccc(F)cc2)CCNCC1. The van der Waals surface area contributed by atoms with Crippen molar-refractivity contribution >= 4 is 11.8 Å². The summed E-state index contributed by atoms with van der Waals surface area (Å²) in [5.41, 5.74) is -0.337. The second-order valence-corrected chi connectivity index (χ2v) is 5.82. The molecule has 0 bridgehead atoms. The number of hydrogen-bond donors (Lipinski definition) is 3. The Hall–Kier alpha value is -1.99. The highest BCUT2D eigenvalue weighted by atomic mass is 19.1. The predicted molar refractivity (Wildman–Crippen MR) is 88.2 cm³/mol. The zero-order valence-corrected chi connectivity index (χ0v) is 13.9. The zero-order chi connectivity index (χ0) is 17.4. The number of ether oxygens (including phenoxy) is 1. The van der Waals surface area contributed by atoms with Crippen LogP contribution in [0, 0.1) is 5.82 Å². The molecule has 1 heterocycles. The summed E-state index contributed by atoms with van der Waals surface area (Å²) in [6.45, 7) is 2.41. The fourth-order valence-corrected chi connectivity index (χ4v) is 2.71. The fourth-order valence-electron chi connectivity index (χ4n) is 2.71. The van der Waals surface area contributed by atoms with Gasteiger partial charge in [0.25, 0.3) is 11.8 Å². The summed E-state index contributed by atoms with van der Waals surface area (Å²) in [7, 11) is 1.56. The van der Waals surface area contributed by atoms with E-state index in [1.807, 2.05) is 0 Å². The van der Waals surface area contributed by atoms with Crippen molar-refractivity contribution < 1.29 is 18.7 Å². The van der Waals surface area contributed by atoms with Crippen molar-refractivity contribution in [3.8, 4) is 0 Å². The molecule has 1 aliphatic heterocycles. The predicted octanol–water partition coefficient (Wildman–Crippen LogP) is 0.830.